The van der Waals surface area contributed by atoms with Gasteiger partial charge in [0.25, 0.3) is 5.35 Å². The largest absolute Gasteiger partial charge is 0.427 e. The van der Waals surface area contributed by atoms with Gasteiger partial charge in [-0.3, -0.25) is 0 Å². The Labute approximate surface area is 116 Å². The molecule has 2 aromatic carbocycles. The van der Waals surface area contributed by atoms with E-state index in [1.807, 2.05) is 30.3 Å². The van der Waals surface area contributed by atoms with Crippen LogP contribution < -0.4 is 0 Å². The van der Waals surface area contributed by atoms with Crippen LogP contribution in [0.3, 0.4) is 0 Å². The number of nitrogens with zero attached hydrogens (tertiary/aromatic N) is 1. The summed E-state index contributed by atoms with van der Waals surface area (Å²) < 4.78 is 7.69. The zero-order chi connectivity index (χ0) is 12.3. The summed E-state index contributed by atoms with van der Waals surface area (Å²) in [6.45, 7) is 0. The van der Waals surface area contributed by atoms with Crippen molar-refractivity contribution in [1.82, 2.24) is 4.98 Å². The van der Waals surface area contributed by atoms with Crippen LogP contribution in [0.4, 0.5) is 0 Å². The summed E-state index contributed by atoms with van der Waals surface area (Å²) in [7, 11) is 0. The van der Waals surface area contributed by atoms with E-state index in [0.717, 1.165) is 36.3 Å². The summed E-state index contributed by atoms with van der Waals surface area (Å²) in [5, 5.41) is 3.04. The summed E-state index contributed by atoms with van der Waals surface area (Å²) in [5.41, 5.74) is 1.50. The maximum atomic E-state index is 6.22. The first kappa shape index (κ1) is 10.6. The molecule has 2 aromatic heterocycles. The highest BCUT2D eigenvalue weighted by molar-refractivity contribution is 7.26. The first-order valence-electron chi connectivity index (χ1n) is 5.30. The van der Waals surface area contributed by atoms with Gasteiger partial charge in [0.05, 0.1) is 9.72 Å². The molecule has 0 aliphatic heterocycles. The van der Waals surface area contributed by atoms with Gasteiger partial charge in [0.2, 0.25) is 0 Å². The maximum absolute atomic E-state index is 6.22. The Hall–Kier alpha value is -1.29. The number of rotatable bonds is 0. The first-order valence-corrected chi connectivity index (χ1v) is 6.87. The van der Waals surface area contributed by atoms with Gasteiger partial charge < -0.3 is 4.42 Å². The standard InChI is InChI=1S/C13H5Cl2NOS/c14-7-3-1-2-6-10-9(18-12(6)7)5-4-8-11(10)17-13(15)16-8/h1-5H. The predicted octanol–water partition coefficient (Wildman–Crippen LogP) is 5.50. The van der Waals surface area contributed by atoms with E-state index in [0.29, 0.717) is 0 Å². The molecule has 0 fully saturated rings. The van der Waals surface area contributed by atoms with Crippen LogP contribution >= 0.6 is 34.5 Å². The molecule has 0 radical (unpaired) electrons. The molecule has 0 bridgehead atoms. The monoisotopic (exact) mass is 293 g/mol. The van der Waals surface area contributed by atoms with Crippen LogP contribution in [0.1, 0.15) is 0 Å². The summed E-state index contributed by atoms with van der Waals surface area (Å²) in [5.74, 6) is 0. The molecule has 2 heterocycles. The van der Waals surface area contributed by atoms with Crippen molar-refractivity contribution in [2.75, 3.05) is 0 Å². The molecule has 0 aliphatic rings. The van der Waals surface area contributed by atoms with Gasteiger partial charge in [0, 0.05) is 15.5 Å². The number of fused-ring (bicyclic) bond motifs is 5. The van der Waals surface area contributed by atoms with Crippen molar-refractivity contribution in [1.29, 1.82) is 0 Å². The molecule has 88 valence electrons. The van der Waals surface area contributed by atoms with E-state index >= 15 is 0 Å². The fraction of sp³-hybridized carbons (Fsp3) is 0. The second-order valence-electron chi connectivity index (χ2n) is 3.97. The van der Waals surface area contributed by atoms with Crippen LogP contribution in [0, 0.1) is 0 Å². The highest BCUT2D eigenvalue weighted by Crippen LogP contribution is 2.41. The lowest BCUT2D eigenvalue weighted by Gasteiger charge is -1.93. The average molecular weight is 294 g/mol. The fourth-order valence-electron chi connectivity index (χ4n) is 2.21. The fourth-order valence-corrected chi connectivity index (χ4v) is 3.77. The van der Waals surface area contributed by atoms with Crippen molar-refractivity contribution >= 4 is 65.8 Å². The van der Waals surface area contributed by atoms with E-state index < -0.39 is 0 Å². The molecule has 2 nitrogen and oxygen atoms in total. The molecular weight excluding hydrogens is 289 g/mol. The quantitative estimate of drug-likeness (QED) is 0.428. The molecule has 0 N–H and O–H groups in total. The number of hydrogen-bond acceptors (Lipinski definition) is 3. The summed E-state index contributed by atoms with van der Waals surface area (Å²) in [4.78, 5) is 4.14. The van der Waals surface area contributed by atoms with Crippen molar-refractivity contribution in [2.45, 2.75) is 0 Å². The Morgan fingerprint density at radius 1 is 1.11 bits per heavy atom. The molecule has 0 saturated heterocycles. The van der Waals surface area contributed by atoms with Crippen LogP contribution in [0.5, 0.6) is 0 Å². The Balaban J connectivity index is 2.36. The third-order valence-corrected chi connectivity index (χ3v) is 4.73. The lowest BCUT2D eigenvalue weighted by molar-refractivity contribution is 0.608. The zero-order valence-corrected chi connectivity index (χ0v) is 11.2. The topological polar surface area (TPSA) is 26.0 Å². The number of hydrogen-bond donors (Lipinski definition) is 0. The second kappa shape index (κ2) is 3.60. The molecule has 0 spiro atoms. The maximum Gasteiger partial charge on any atom is 0.293 e. The van der Waals surface area contributed by atoms with Gasteiger partial charge in [-0.2, -0.15) is 4.98 Å². The Kier molecular flexibility index (Phi) is 2.13. The van der Waals surface area contributed by atoms with Crippen molar-refractivity contribution in [3.8, 4) is 0 Å². The molecule has 0 atom stereocenters. The molecule has 4 rings (SSSR count). The molecule has 0 aliphatic carbocycles. The summed E-state index contributed by atoms with van der Waals surface area (Å²) >= 11 is 13.7. The SMILES string of the molecule is Clc1nc2ccc3sc4c(Cl)cccc4c3c2o1. The minimum absolute atomic E-state index is 0.166. The highest BCUT2D eigenvalue weighted by Gasteiger charge is 2.14. The van der Waals surface area contributed by atoms with Crippen molar-refractivity contribution in [3.05, 3.63) is 40.7 Å². The number of thiophene rings is 1. The Morgan fingerprint density at radius 2 is 2.00 bits per heavy atom. The minimum atomic E-state index is 0.166. The number of aromatic nitrogens is 1. The van der Waals surface area contributed by atoms with E-state index in [1.54, 1.807) is 11.3 Å². The average Bonchev–Trinajstić information content (AvgIpc) is 2.88. The Morgan fingerprint density at radius 3 is 2.89 bits per heavy atom. The van der Waals surface area contributed by atoms with Gasteiger partial charge in [0.15, 0.2) is 5.58 Å². The van der Waals surface area contributed by atoms with Crippen LogP contribution in [0.15, 0.2) is 34.7 Å². The van der Waals surface area contributed by atoms with Gasteiger partial charge in [-0.15, -0.1) is 11.3 Å². The van der Waals surface area contributed by atoms with E-state index in [4.69, 9.17) is 27.6 Å². The van der Waals surface area contributed by atoms with Gasteiger partial charge in [-0.1, -0.05) is 23.7 Å². The van der Waals surface area contributed by atoms with Crippen LogP contribution in [-0.2, 0) is 0 Å². The van der Waals surface area contributed by atoms with Crippen molar-refractivity contribution in [2.24, 2.45) is 0 Å². The second-order valence-corrected chi connectivity index (χ2v) is 5.76. The van der Waals surface area contributed by atoms with Gasteiger partial charge in [0.1, 0.15) is 5.52 Å². The van der Waals surface area contributed by atoms with E-state index in [-0.39, 0.29) is 5.35 Å². The van der Waals surface area contributed by atoms with E-state index in [1.165, 1.54) is 0 Å². The van der Waals surface area contributed by atoms with Gasteiger partial charge in [-0.05, 0) is 29.8 Å². The van der Waals surface area contributed by atoms with Gasteiger partial charge in [-0.25, -0.2) is 0 Å². The molecule has 0 amide bonds. The smallest absolute Gasteiger partial charge is 0.293 e. The lowest BCUT2D eigenvalue weighted by Crippen LogP contribution is -1.70. The number of halogens is 2. The molecule has 18 heavy (non-hydrogen) atoms. The zero-order valence-electron chi connectivity index (χ0n) is 8.91. The number of oxazole rings is 1. The molecular formula is C13H5Cl2NOS. The molecule has 4 aromatic rings. The lowest BCUT2D eigenvalue weighted by atomic mass is 10.1. The van der Waals surface area contributed by atoms with Crippen LogP contribution in [0.25, 0.3) is 31.3 Å². The third kappa shape index (κ3) is 1.32. The summed E-state index contributed by atoms with van der Waals surface area (Å²) in [6.07, 6.45) is 0. The first-order chi connectivity index (χ1) is 8.74. The summed E-state index contributed by atoms with van der Waals surface area (Å²) in [6, 6.07) is 9.81. The van der Waals surface area contributed by atoms with Crippen molar-refractivity contribution < 1.29 is 4.42 Å². The molecule has 0 unspecified atom stereocenters. The highest BCUT2D eigenvalue weighted by atomic mass is 35.5. The van der Waals surface area contributed by atoms with Crippen LogP contribution in [0.2, 0.25) is 10.4 Å². The molecule has 0 saturated carbocycles. The van der Waals surface area contributed by atoms with Crippen molar-refractivity contribution in [3.63, 3.8) is 0 Å². The number of benzene rings is 2. The van der Waals surface area contributed by atoms with Crippen LogP contribution in [-0.4, -0.2) is 4.98 Å². The normalized spacial score (nSPS) is 11.9. The third-order valence-electron chi connectivity index (χ3n) is 2.94. The van der Waals surface area contributed by atoms with Gasteiger partial charge >= 0.3 is 0 Å². The predicted molar refractivity (Wildman–Crippen MR) is 76.9 cm³/mol. The Bertz CT molecular complexity index is 909. The van der Waals surface area contributed by atoms with E-state index in [9.17, 15) is 0 Å². The minimum Gasteiger partial charge on any atom is -0.427 e. The molecule has 5 heteroatoms. The van der Waals surface area contributed by atoms with E-state index in [2.05, 4.69) is 4.98 Å².